The molecule has 0 aliphatic rings. The molecular formula is C11H17N3O4. The number of primary amides is 1. The summed E-state index contributed by atoms with van der Waals surface area (Å²) in [5.74, 6) is 0.735. The molecule has 1 aromatic heterocycles. The maximum absolute atomic E-state index is 11.3. The first kappa shape index (κ1) is 14.0. The highest BCUT2D eigenvalue weighted by molar-refractivity contribution is 5.90. The number of carbonyl (C=O) groups is 2. The summed E-state index contributed by atoms with van der Waals surface area (Å²) in [7, 11) is 1.32. The van der Waals surface area contributed by atoms with Crippen LogP contribution in [0.5, 0.6) is 0 Å². The number of hydrogen-bond acceptors (Lipinski definition) is 5. The molecule has 2 amide bonds. The Bertz CT molecular complexity index is 428. The fraction of sp³-hybridized carbons (Fsp3) is 0.455. The van der Waals surface area contributed by atoms with Gasteiger partial charge in [0.1, 0.15) is 17.1 Å². The highest BCUT2D eigenvalue weighted by Gasteiger charge is 2.14. The number of hydrogen-bond donors (Lipinski definition) is 3. The van der Waals surface area contributed by atoms with Crippen LogP contribution in [0.1, 0.15) is 21.9 Å². The Hall–Kier alpha value is -2.02. The van der Waals surface area contributed by atoms with Crippen molar-refractivity contribution in [1.82, 2.24) is 10.6 Å². The molecule has 0 spiro atoms. The predicted molar refractivity (Wildman–Crippen MR) is 64.1 cm³/mol. The minimum Gasteiger partial charge on any atom is -0.465 e. The lowest BCUT2D eigenvalue weighted by molar-refractivity contribution is 0.0599. The van der Waals surface area contributed by atoms with Gasteiger partial charge in [-0.3, -0.25) is 0 Å². The molecule has 7 heteroatoms. The van der Waals surface area contributed by atoms with Crippen molar-refractivity contribution in [3.63, 3.8) is 0 Å². The second-order valence-corrected chi connectivity index (χ2v) is 3.64. The van der Waals surface area contributed by atoms with Crippen LogP contribution in [0.25, 0.3) is 0 Å². The van der Waals surface area contributed by atoms with Gasteiger partial charge in [-0.15, -0.1) is 0 Å². The lowest BCUT2D eigenvalue weighted by Crippen LogP contribution is -2.35. The van der Waals surface area contributed by atoms with Crippen LogP contribution in [-0.2, 0) is 11.3 Å². The van der Waals surface area contributed by atoms with Gasteiger partial charge in [-0.2, -0.15) is 0 Å². The van der Waals surface area contributed by atoms with E-state index in [2.05, 4.69) is 15.4 Å². The summed E-state index contributed by atoms with van der Waals surface area (Å²) in [6, 6.07) is 1.08. The number of esters is 1. The van der Waals surface area contributed by atoms with E-state index in [9.17, 15) is 9.59 Å². The molecule has 1 aromatic rings. The van der Waals surface area contributed by atoms with Crippen molar-refractivity contribution in [2.45, 2.75) is 13.5 Å². The zero-order chi connectivity index (χ0) is 13.5. The van der Waals surface area contributed by atoms with E-state index in [0.29, 0.717) is 36.7 Å². The quantitative estimate of drug-likeness (QED) is 0.495. The van der Waals surface area contributed by atoms with Gasteiger partial charge < -0.3 is 25.5 Å². The molecule has 100 valence electrons. The molecule has 7 nitrogen and oxygen atoms in total. The van der Waals surface area contributed by atoms with Gasteiger partial charge in [0.2, 0.25) is 0 Å². The maximum atomic E-state index is 11.3. The van der Waals surface area contributed by atoms with E-state index in [4.69, 9.17) is 10.2 Å². The van der Waals surface area contributed by atoms with Crippen LogP contribution >= 0.6 is 0 Å². The summed E-state index contributed by atoms with van der Waals surface area (Å²) >= 11 is 0. The lowest BCUT2D eigenvalue weighted by Gasteiger charge is -2.02. The fourth-order valence-corrected chi connectivity index (χ4v) is 1.43. The molecule has 18 heavy (non-hydrogen) atoms. The molecular weight excluding hydrogens is 238 g/mol. The molecule has 0 radical (unpaired) electrons. The molecule has 4 N–H and O–H groups in total. The third kappa shape index (κ3) is 4.10. The average molecular weight is 255 g/mol. The number of aryl methyl sites for hydroxylation is 1. The second-order valence-electron chi connectivity index (χ2n) is 3.64. The first-order chi connectivity index (χ1) is 8.54. The molecule has 1 rings (SSSR count). The van der Waals surface area contributed by atoms with Crippen LogP contribution in [0.15, 0.2) is 10.5 Å². The zero-order valence-electron chi connectivity index (χ0n) is 10.4. The number of nitrogens with one attached hydrogen (secondary N) is 2. The Morgan fingerprint density at radius 2 is 2.17 bits per heavy atom. The van der Waals surface area contributed by atoms with Gasteiger partial charge in [0, 0.05) is 13.1 Å². The van der Waals surface area contributed by atoms with Gasteiger partial charge >= 0.3 is 12.0 Å². The van der Waals surface area contributed by atoms with Crippen LogP contribution in [0.3, 0.4) is 0 Å². The van der Waals surface area contributed by atoms with Crippen molar-refractivity contribution in [2.24, 2.45) is 5.73 Å². The number of nitrogens with two attached hydrogens (primary N) is 1. The van der Waals surface area contributed by atoms with Gasteiger partial charge in [0.25, 0.3) is 0 Å². The topological polar surface area (TPSA) is 107 Å². The first-order valence-electron chi connectivity index (χ1n) is 5.46. The van der Waals surface area contributed by atoms with Gasteiger partial charge in [-0.1, -0.05) is 0 Å². The van der Waals surface area contributed by atoms with Crippen molar-refractivity contribution < 1.29 is 18.7 Å². The van der Waals surface area contributed by atoms with E-state index >= 15 is 0 Å². The fourth-order valence-electron chi connectivity index (χ4n) is 1.43. The van der Waals surface area contributed by atoms with E-state index in [1.54, 1.807) is 13.0 Å². The van der Waals surface area contributed by atoms with Crippen molar-refractivity contribution in [3.05, 3.63) is 23.2 Å². The van der Waals surface area contributed by atoms with Crippen molar-refractivity contribution in [3.8, 4) is 0 Å². The predicted octanol–water partition coefficient (Wildman–Crippen LogP) is 0.133. The van der Waals surface area contributed by atoms with Crippen molar-refractivity contribution >= 4 is 12.0 Å². The van der Waals surface area contributed by atoms with Crippen LogP contribution in [-0.4, -0.2) is 32.2 Å². The third-order valence-electron chi connectivity index (χ3n) is 2.27. The van der Waals surface area contributed by atoms with E-state index in [-0.39, 0.29) is 0 Å². The third-order valence-corrected chi connectivity index (χ3v) is 2.27. The molecule has 0 aromatic carbocycles. The Balaban J connectivity index is 2.39. The molecule has 0 atom stereocenters. The molecule has 0 fully saturated rings. The first-order valence-corrected chi connectivity index (χ1v) is 5.46. The SMILES string of the molecule is COC(=O)c1cc(CNCCNC(N)=O)oc1C. The number of carbonyl (C=O) groups excluding carboxylic acids is 2. The highest BCUT2D eigenvalue weighted by atomic mass is 16.5. The smallest absolute Gasteiger partial charge is 0.341 e. The van der Waals surface area contributed by atoms with Gasteiger partial charge in [-0.05, 0) is 13.0 Å². The van der Waals surface area contributed by atoms with Crippen LogP contribution in [0.2, 0.25) is 0 Å². The Labute approximate surface area is 105 Å². The summed E-state index contributed by atoms with van der Waals surface area (Å²) in [5, 5.41) is 5.49. The standard InChI is InChI=1S/C11H17N3O4/c1-7-9(10(15)17-2)5-8(18-7)6-13-3-4-14-11(12)16/h5,13H,3-4,6H2,1-2H3,(H3,12,14,16). The highest BCUT2D eigenvalue weighted by Crippen LogP contribution is 2.15. The number of amides is 2. The van der Waals surface area contributed by atoms with E-state index in [1.165, 1.54) is 7.11 Å². The number of furan rings is 1. The summed E-state index contributed by atoms with van der Waals surface area (Å²) in [6.45, 7) is 3.14. The Morgan fingerprint density at radius 1 is 1.44 bits per heavy atom. The largest absolute Gasteiger partial charge is 0.465 e. The average Bonchev–Trinajstić information content (AvgIpc) is 2.69. The molecule has 0 aliphatic carbocycles. The van der Waals surface area contributed by atoms with Crippen LogP contribution in [0.4, 0.5) is 4.79 Å². The van der Waals surface area contributed by atoms with Crippen molar-refractivity contribution in [2.75, 3.05) is 20.2 Å². The molecule has 0 unspecified atom stereocenters. The summed E-state index contributed by atoms with van der Waals surface area (Å²) in [5.41, 5.74) is 5.33. The molecule has 0 saturated carbocycles. The minimum atomic E-state index is -0.557. The number of rotatable bonds is 6. The summed E-state index contributed by atoms with van der Waals surface area (Å²) < 4.78 is 10.0. The molecule has 0 aliphatic heterocycles. The molecule has 1 heterocycles. The Morgan fingerprint density at radius 3 is 2.78 bits per heavy atom. The normalized spacial score (nSPS) is 10.1. The van der Waals surface area contributed by atoms with Crippen LogP contribution in [0, 0.1) is 6.92 Å². The van der Waals surface area contributed by atoms with Crippen molar-refractivity contribution in [1.29, 1.82) is 0 Å². The molecule has 0 saturated heterocycles. The number of urea groups is 1. The van der Waals surface area contributed by atoms with Gasteiger partial charge in [0.15, 0.2) is 0 Å². The van der Waals surface area contributed by atoms with Gasteiger partial charge in [0.05, 0.1) is 13.7 Å². The summed E-state index contributed by atoms with van der Waals surface area (Å²) in [4.78, 5) is 21.7. The second kappa shape index (κ2) is 6.65. The summed E-state index contributed by atoms with van der Waals surface area (Å²) in [6.07, 6.45) is 0. The zero-order valence-corrected chi connectivity index (χ0v) is 10.4. The maximum Gasteiger partial charge on any atom is 0.341 e. The van der Waals surface area contributed by atoms with E-state index in [1.807, 2.05) is 0 Å². The number of ether oxygens (including phenoxy) is 1. The lowest BCUT2D eigenvalue weighted by atomic mass is 10.2. The number of methoxy groups -OCH3 is 1. The monoisotopic (exact) mass is 255 g/mol. The minimum absolute atomic E-state index is 0.419. The van der Waals surface area contributed by atoms with Gasteiger partial charge in [-0.25, -0.2) is 9.59 Å². The van der Waals surface area contributed by atoms with Crippen LogP contribution < -0.4 is 16.4 Å². The molecule has 0 bridgehead atoms. The van der Waals surface area contributed by atoms with E-state index < -0.39 is 12.0 Å². The van der Waals surface area contributed by atoms with E-state index in [0.717, 1.165) is 0 Å². The Kier molecular flexibility index (Phi) is 5.19.